The number of nitrogens with zero attached hydrogens (tertiary/aromatic N) is 2. The van der Waals surface area contributed by atoms with Gasteiger partial charge in [-0.05, 0) is 43.2 Å². The van der Waals surface area contributed by atoms with Gasteiger partial charge in [0.25, 0.3) is 0 Å². The van der Waals surface area contributed by atoms with Crippen molar-refractivity contribution in [2.24, 2.45) is 5.92 Å². The molecule has 194 valence electrons. The minimum atomic E-state index is -1.47. The van der Waals surface area contributed by atoms with Gasteiger partial charge in [-0.2, -0.15) is 0 Å². The minimum Gasteiger partial charge on any atom is -0.481 e. The predicted octanol–water partition coefficient (Wildman–Crippen LogP) is 4.54. The molecule has 2 aromatic rings. The second-order valence-electron chi connectivity index (χ2n) is 8.76. The lowest BCUT2D eigenvalue weighted by Gasteiger charge is -2.26. The SMILES string of the molecule is O=C(O)C[C@H]1CC[C@H](Sc2nc(C3OCCO3)n(Cc3cc4c(cc3Cl)OCO4)c2OC(=O)O)CC1. The summed E-state index contributed by atoms with van der Waals surface area (Å²) in [6.07, 6.45) is 1.07. The van der Waals surface area contributed by atoms with Crippen molar-refractivity contribution in [3.8, 4) is 17.4 Å². The topological polar surface area (TPSA) is 139 Å². The lowest BCUT2D eigenvalue weighted by Crippen LogP contribution is -2.19. The first-order valence-corrected chi connectivity index (χ1v) is 12.8. The number of benzene rings is 1. The average Bonchev–Trinajstić information content (AvgIpc) is 3.57. The van der Waals surface area contributed by atoms with Crippen LogP contribution < -0.4 is 14.2 Å². The Labute approximate surface area is 215 Å². The normalized spacial score (nSPS) is 21.6. The monoisotopic (exact) mass is 540 g/mol. The Hall–Kier alpha value is -2.67. The van der Waals surface area contributed by atoms with Crippen molar-refractivity contribution >= 4 is 35.5 Å². The first kappa shape index (κ1) is 25.0. The molecule has 11 nitrogen and oxygen atoms in total. The summed E-state index contributed by atoms with van der Waals surface area (Å²) in [6, 6.07) is 3.40. The van der Waals surface area contributed by atoms with Gasteiger partial charge in [-0.15, -0.1) is 0 Å². The zero-order valence-electron chi connectivity index (χ0n) is 19.2. The van der Waals surface area contributed by atoms with Crippen LogP contribution in [0, 0.1) is 5.92 Å². The highest BCUT2D eigenvalue weighted by molar-refractivity contribution is 8.00. The molecule has 3 aliphatic rings. The molecule has 1 aromatic heterocycles. The first-order valence-electron chi connectivity index (χ1n) is 11.6. The number of carboxylic acid groups (broad SMARTS) is 2. The molecule has 1 saturated heterocycles. The summed E-state index contributed by atoms with van der Waals surface area (Å²) in [5.74, 6) is 0.871. The van der Waals surface area contributed by atoms with Gasteiger partial charge in [0.15, 0.2) is 22.3 Å². The summed E-state index contributed by atoms with van der Waals surface area (Å²) in [5, 5.41) is 19.6. The number of ether oxygens (including phenoxy) is 5. The molecule has 1 aromatic carbocycles. The fourth-order valence-corrected chi connectivity index (χ4v) is 6.08. The van der Waals surface area contributed by atoms with E-state index in [9.17, 15) is 14.7 Å². The van der Waals surface area contributed by atoms with E-state index in [0.717, 1.165) is 25.7 Å². The number of halogens is 1. The standard InChI is InChI=1S/C23H25ClN2O9S/c24-15-9-17-16(33-11-34-17)8-13(15)10-26-19(22-31-5-6-32-22)25-20(21(26)35-23(29)30)36-14-3-1-12(2-4-14)7-18(27)28/h8-9,12,14,22H,1-7,10-11H2,(H,27,28)(H,29,30)/t12-,14-. The molecule has 0 amide bonds. The maximum absolute atomic E-state index is 11.7. The minimum absolute atomic E-state index is 0.0583. The molecule has 0 spiro atoms. The Morgan fingerprint density at radius 3 is 2.47 bits per heavy atom. The van der Waals surface area contributed by atoms with Crippen LogP contribution in [0.3, 0.4) is 0 Å². The molecule has 0 bridgehead atoms. The van der Waals surface area contributed by atoms with E-state index >= 15 is 0 Å². The van der Waals surface area contributed by atoms with E-state index in [-0.39, 0.29) is 36.8 Å². The van der Waals surface area contributed by atoms with E-state index in [0.29, 0.717) is 46.1 Å². The first-order chi connectivity index (χ1) is 17.4. The van der Waals surface area contributed by atoms with Crippen LogP contribution in [0.2, 0.25) is 5.02 Å². The highest BCUT2D eigenvalue weighted by Gasteiger charge is 2.33. The van der Waals surface area contributed by atoms with Gasteiger partial charge >= 0.3 is 12.1 Å². The number of thioether (sulfide) groups is 1. The Morgan fingerprint density at radius 1 is 1.11 bits per heavy atom. The van der Waals surface area contributed by atoms with Crippen molar-refractivity contribution in [3.05, 3.63) is 28.5 Å². The van der Waals surface area contributed by atoms with Crippen LogP contribution in [0.4, 0.5) is 4.79 Å². The van der Waals surface area contributed by atoms with Gasteiger partial charge in [0, 0.05) is 22.8 Å². The number of rotatable bonds is 8. The van der Waals surface area contributed by atoms with E-state index in [1.165, 1.54) is 11.8 Å². The van der Waals surface area contributed by atoms with E-state index in [2.05, 4.69) is 0 Å². The number of hydrogen-bond donors (Lipinski definition) is 2. The third-order valence-electron chi connectivity index (χ3n) is 6.34. The van der Waals surface area contributed by atoms with E-state index in [4.69, 9.17) is 45.4 Å². The van der Waals surface area contributed by atoms with E-state index in [1.54, 1.807) is 16.7 Å². The Balaban J connectivity index is 1.45. The van der Waals surface area contributed by atoms with Gasteiger partial charge in [0.2, 0.25) is 19.0 Å². The van der Waals surface area contributed by atoms with Crippen LogP contribution in [-0.2, 0) is 20.8 Å². The van der Waals surface area contributed by atoms with Gasteiger partial charge in [-0.3, -0.25) is 9.36 Å². The van der Waals surface area contributed by atoms with Crippen molar-refractivity contribution in [2.75, 3.05) is 20.0 Å². The maximum Gasteiger partial charge on any atom is 0.512 e. The number of aliphatic carboxylic acids is 1. The molecule has 36 heavy (non-hydrogen) atoms. The molecule has 2 fully saturated rings. The van der Waals surface area contributed by atoms with Crippen LogP contribution in [0.15, 0.2) is 17.2 Å². The lowest BCUT2D eigenvalue weighted by atomic mass is 9.87. The molecule has 13 heteroatoms. The van der Waals surface area contributed by atoms with Crippen LogP contribution in [0.5, 0.6) is 17.4 Å². The second kappa shape index (κ2) is 10.8. The van der Waals surface area contributed by atoms with Crippen molar-refractivity contribution in [2.45, 2.75) is 55.2 Å². The van der Waals surface area contributed by atoms with Crippen LogP contribution in [0.25, 0.3) is 0 Å². The van der Waals surface area contributed by atoms with Crippen LogP contribution >= 0.6 is 23.4 Å². The van der Waals surface area contributed by atoms with Crippen molar-refractivity contribution in [3.63, 3.8) is 0 Å². The van der Waals surface area contributed by atoms with Crippen molar-refractivity contribution in [1.82, 2.24) is 9.55 Å². The summed E-state index contributed by atoms with van der Waals surface area (Å²) in [4.78, 5) is 27.4. The lowest BCUT2D eigenvalue weighted by molar-refractivity contribution is -0.138. The average molecular weight is 541 g/mol. The largest absolute Gasteiger partial charge is 0.512 e. The molecular weight excluding hydrogens is 516 g/mol. The quantitative estimate of drug-likeness (QED) is 0.456. The zero-order chi connectivity index (χ0) is 25.2. The molecule has 0 radical (unpaired) electrons. The maximum atomic E-state index is 11.7. The van der Waals surface area contributed by atoms with Crippen LogP contribution in [0.1, 0.15) is 49.8 Å². The molecule has 2 N–H and O–H groups in total. The molecule has 0 atom stereocenters. The smallest absolute Gasteiger partial charge is 0.481 e. The molecule has 1 aliphatic carbocycles. The second-order valence-corrected chi connectivity index (χ2v) is 10.5. The Kier molecular flexibility index (Phi) is 7.47. The fourth-order valence-electron chi connectivity index (χ4n) is 4.64. The number of imidazole rings is 1. The number of fused-ring (bicyclic) bond motifs is 1. The molecule has 1 saturated carbocycles. The summed E-state index contributed by atoms with van der Waals surface area (Å²) in [5.41, 5.74) is 0.651. The van der Waals surface area contributed by atoms with Gasteiger partial charge in [-0.1, -0.05) is 23.4 Å². The Bertz CT molecular complexity index is 1140. The van der Waals surface area contributed by atoms with Gasteiger partial charge in [0.05, 0.1) is 19.8 Å². The molecular formula is C23H25ClN2O9S. The molecule has 5 rings (SSSR count). The van der Waals surface area contributed by atoms with Gasteiger partial charge in [-0.25, -0.2) is 9.78 Å². The third-order valence-corrected chi connectivity index (χ3v) is 7.99. The van der Waals surface area contributed by atoms with Gasteiger partial charge in [0.1, 0.15) is 0 Å². The number of carbonyl (C=O) groups is 2. The molecule has 2 aliphatic heterocycles. The molecule has 0 unspecified atom stereocenters. The van der Waals surface area contributed by atoms with E-state index < -0.39 is 18.4 Å². The van der Waals surface area contributed by atoms with Gasteiger partial charge < -0.3 is 33.9 Å². The summed E-state index contributed by atoms with van der Waals surface area (Å²) in [7, 11) is 0. The van der Waals surface area contributed by atoms with Crippen molar-refractivity contribution < 1.29 is 43.5 Å². The Morgan fingerprint density at radius 2 is 1.81 bits per heavy atom. The third kappa shape index (κ3) is 5.51. The number of carboxylic acids is 1. The summed E-state index contributed by atoms with van der Waals surface area (Å²) < 4.78 is 29.1. The highest BCUT2D eigenvalue weighted by Crippen LogP contribution is 2.43. The van der Waals surface area contributed by atoms with Crippen LogP contribution in [-0.4, -0.2) is 57.1 Å². The predicted molar refractivity (Wildman–Crippen MR) is 126 cm³/mol. The summed E-state index contributed by atoms with van der Waals surface area (Å²) >= 11 is 7.93. The summed E-state index contributed by atoms with van der Waals surface area (Å²) in [6.45, 7) is 0.995. The number of aromatic nitrogens is 2. The zero-order valence-corrected chi connectivity index (χ0v) is 20.8. The van der Waals surface area contributed by atoms with Crippen molar-refractivity contribution in [1.29, 1.82) is 0 Å². The highest BCUT2D eigenvalue weighted by atomic mass is 35.5. The molecule has 3 heterocycles. The van der Waals surface area contributed by atoms with E-state index in [1.807, 2.05) is 0 Å². The fraction of sp³-hybridized carbons (Fsp3) is 0.522. The number of hydrogen-bond acceptors (Lipinski definition) is 9.